The fourth-order valence-electron chi connectivity index (χ4n) is 2.34. The number of thiazole rings is 1. The van der Waals surface area contributed by atoms with Gasteiger partial charge in [0.15, 0.2) is 0 Å². The van der Waals surface area contributed by atoms with E-state index in [4.69, 9.17) is 10.5 Å². The van der Waals surface area contributed by atoms with Gasteiger partial charge in [-0.15, -0.1) is 11.3 Å². The SMILES string of the molecule is NC[C@H]1CC[C@@H](C(=O)NCc2nc3ccccc3s2)O1. The summed E-state index contributed by atoms with van der Waals surface area (Å²) in [6, 6.07) is 7.96. The fraction of sp³-hybridized carbons (Fsp3) is 0.429. The summed E-state index contributed by atoms with van der Waals surface area (Å²) in [7, 11) is 0. The Bertz CT molecular complexity index is 580. The number of aromatic nitrogens is 1. The first-order valence-corrected chi connectivity index (χ1v) is 7.55. The van der Waals surface area contributed by atoms with Crippen molar-refractivity contribution in [1.29, 1.82) is 0 Å². The number of nitrogens with zero attached hydrogens (tertiary/aromatic N) is 1. The Labute approximate surface area is 121 Å². The lowest BCUT2D eigenvalue weighted by atomic mass is 10.2. The molecule has 2 aromatic rings. The zero-order chi connectivity index (χ0) is 13.9. The molecule has 20 heavy (non-hydrogen) atoms. The van der Waals surface area contributed by atoms with Crippen molar-refractivity contribution in [3.63, 3.8) is 0 Å². The number of carbonyl (C=O) groups excluding carboxylic acids is 1. The maximum Gasteiger partial charge on any atom is 0.249 e. The van der Waals surface area contributed by atoms with Crippen molar-refractivity contribution in [2.75, 3.05) is 6.54 Å². The summed E-state index contributed by atoms with van der Waals surface area (Å²) in [6.45, 7) is 0.924. The van der Waals surface area contributed by atoms with E-state index in [1.165, 1.54) is 0 Å². The minimum absolute atomic E-state index is 0.0215. The Morgan fingerprint density at radius 2 is 2.30 bits per heavy atom. The molecule has 0 radical (unpaired) electrons. The van der Waals surface area contributed by atoms with E-state index in [0.29, 0.717) is 13.1 Å². The van der Waals surface area contributed by atoms with Crippen LogP contribution >= 0.6 is 11.3 Å². The van der Waals surface area contributed by atoms with Gasteiger partial charge in [0.25, 0.3) is 0 Å². The quantitative estimate of drug-likeness (QED) is 0.893. The van der Waals surface area contributed by atoms with Crippen LogP contribution in [0.1, 0.15) is 17.8 Å². The minimum Gasteiger partial charge on any atom is -0.364 e. The number of rotatable bonds is 4. The van der Waals surface area contributed by atoms with Crippen molar-refractivity contribution in [1.82, 2.24) is 10.3 Å². The van der Waals surface area contributed by atoms with Gasteiger partial charge < -0.3 is 15.8 Å². The molecule has 1 amide bonds. The summed E-state index contributed by atoms with van der Waals surface area (Å²) < 4.78 is 6.70. The largest absolute Gasteiger partial charge is 0.364 e. The van der Waals surface area contributed by atoms with Crippen LogP contribution in [0.2, 0.25) is 0 Å². The van der Waals surface area contributed by atoms with Crippen LogP contribution in [0.25, 0.3) is 10.2 Å². The summed E-state index contributed by atoms with van der Waals surface area (Å²) >= 11 is 1.60. The van der Waals surface area contributed by atoms with E-state index in [9.17, 15) is 4.79 Å². The molecule has 106 valence electrons. The van der Waals surface area contributed by atoms with Gasteiger partial charge in [0.2, 0.25) is 5.91 Å². The molecule has 1 aliphatic heterocycles. The smallest absolute Gasteiger partial charge is 0.249 e. The summed E-state index contributed by atoms with van der Waals surface area (Å²) in [5, 5.41) is 3.80. The topological polar surface area (TPSA) is 77.2 Å². The highest BCUT2D eigenvalue weighted by molar-refractivity contribution is 7.18. The zero-order valence-corrected chi connectivity index (χ0v) is 11.9. The van der Waals surface area contributed by atoms with Gasteiger partial charge in [-0.3, -0.25) is 4.79 Å². The van der Waals surface area contributed by atoms with Crippen LogP contribution in [0.15, 0.2) is 24.3 Å². The molecule has 3 N–H and O–H groups in total. The number of carbonyl (C=O) groups is 1. The average molecular weight is 291 g/mol. The predicted octanol–water partition coefficient (Wildman–Crippen LogP) is 1.42. The number of hydrogen-bond acceptors (Lipinski definition) is 5. The van der Waals surface area contributed by atoms with Gasteiger partial charge in [-0.05, 0) is 25.0 Å². The van der Waals surface area contributed by atoms with Crippen LogP contribution in [0.5, 0.6) is 0 Å². The zero-order valence-electron chi connectivity index (χ0n) is 11.0. The Kier molecular flexibility index (Phi) is 3.95. The fourth-order valence-corrected chi connectivity index (χ4v) is 3.25. The first-order valence-electron chi connectivity index (χ1n) is 6.74. The molecule has 1 aromatic carbocycles. The van der Waals surface area contributed by atoms with E-state index in [0.717, 1.165) is 28.1 Å². The molecule has 0 aliphatic carbocycles. The Hall–Kier alpha value is -1.50. The normalized spacial score (nSPS) is 22.2. The van der Waals surface area contributed by atoms with Crippen LogP contribution in [-0.2, 0) is 16.1 Å². The van der Waals surface area contributed by atoms with Gasteiger partial charge in [-0.1, -0.05) is 12.1 Å². The van der Waals surface area contributed by atoms with Gasteiger partial charge in [-0.2, -0.15) is 0 Å². The monoisotopic (exact) mass is 291 g/mol. The lowest BCUT2D eigenvalue weighted by Gasteiger charge is -2.11. The van der Waals surface area contributed by atoms with Crippen LogP contribution in [0.3, 0.4) is 0 Å². The van der Waals surface area contributed by atoms with E-state index < -0.39 is 0 Å². The molecule has 0 spiro atoms. The van der Waals surface area contributed by atoms with E-state index >= 15 is 0 Å². The highest BCUT2D eigenvalue weighted by Gasteiger charge is 2.29. The molecule has 0 saturated carbocycles. The van der Waals surface area contributed by atoms with Crippen molar-refractivity contribution >= 4 is 27.5 Å². The molecule has 1 aliphatic rings. The Morgan fingerprint density at radius 1 is 1.45 bits per heavy atom. The van der Waals surface area contributed by atoms with Crippen molar-refractivity contribution in [2.45, 2.75) is 31.6 Å². The molecule has 0 unspecified atom stereocenters. The minimum atomic E-state index is -0.363. The predicted molar refractivity (Wildman–Crippen MR) is 78.4 cm³/mol. The second kappa shape index (κ2) is 5.87. The molecule has 1 aromatic heterocycles. The van der Waals surface area contributed by atoms with E-state index in [1.807, 2.05) is 24.3 Å². The number of para-hydroxylation sites is 1. The van der Waals surface area contributed by atoms with Gasteiger partial charge in [0.1, 0.15) is 11.1 Å². The number of nitrogens with one attached hydrogen (secondary N) is 1. The highest BCUT2D eigenvalue weighted by Crippen LogP contribution is 2.22. The maximum atomic E-state index is 12.0. The van der Waals surface area contributed by atoms with Gasteiger partial charge in [0.05, 0.1) is 22.9 Å². The number of hydrogen-bond donors (Lipinski definition) is 2. The second-order valence-electron chi connectivity index (χ2n) is 4.85. The first-order chi connectivity index (χ1) is 9.76. The number of ether oxygens (including phenoxy) is 1. The van der Waals surface area contributed by atoms with E-state index in [2.05, 4.69) is 10.3 Å². The third-order valence-electron chi connectivity index (χ3n) is 3.41. The van der Waals surface area contributed by atoms with E-state index in [1.54, 1.807) is 11.3 Å². The standard InChI is InChI=1S/C14H17N3O2S/c15-7-9-5-6-11(19-9)14(18)16-8-13-17-10-3-1-2-4-12(10)20-13/h1-4,9,11H,5-8,15H2,(H,16,18)/t9-,11+/m1/s1. The Balaban J connectivity index is 1.57. The molecule has 5 nitrogen and oxygen atoms in total. The summed E-state index contributed by atoms with van der Waals surface area (Å²) in [5.74, 6) is -0.0693. The number of nitrogens with two attached hydrogens (primary N) is 1. The molecule has 2 atom stereocenters. The van der Waals surface area contributed by atoms with Crippen molar-refractivity contribution in [3.05, 3.63) is 29.3 Å². The van der Waals surface area contributed by atoms with E-state index in [-0.39, 0.29) is 18.1 Å². The molecule has 1 saturated heterocycles. The molecule has 1 fully saturated rings. The van der Waals surface area contributed by atoms with Crippen molar-refractivity contribution in [3.8, 4) is 0 Å². The summed E-state index contributed by atoms with van der Waals surface area (Å²) in [4.78, 5) is 16.5. The lowest BCUT2D eigenvalue weighted by molar-refractivity contribution is -0.132. The van der Waals surface area contributed by atoms with Gasteiger partial charge in [-0.25, -0.2) is 4.98 Å². The van der Waals surface area contributed by atoms with Crippen molar-refractivity contribution < 1.29 is 9.53 Å². The van der Waals surface area contributed by atoms with Crippen LogP contribution in [0, 0.1) is 0 Å². The number of benzene rings is 1. The summed E-state index contributed by atoms with van der Waals surface area (Å²) in [6.07, 6.45) is 1.26. The Morgan fingerprint density at radius 3 is 3.05 bits per heavy atom. The third kappa shape index (κ3) is 2.82. The third-order valence-corrected chi connectivity index (χ3v) is 4.45. The lowest BCUT2D eigenvalue weighted by Crippen LogP contribution is -2.35. The van der Waals surface area contributed by atoms with Crippen LogP contribution in [0.4, 0.5) is 0 Å². The molecular formula is C14H17N3O2S. The molecule has 3 rings (SSSR count). The highest BCUT2D eigenvalue weighted by atomic mass is 32.1. The van der Waals surface area contributed by atoms with Gasteiger partial charge in [0, 0.05) is 6.54 Å². The molecular weight excluding hydrogens is 274 g/mol. The molecule has 6 heteroatoms. The molecule has 0 bridgehead atoms. The maximum absolute atomic E-state index is 12.0. The van der Waals surface area contributed by atoms with Crippen LogP contribution < -0.4 is 11.1 Å². The number of amides is 1. The average Bonchev–Trinajstić information content (AvgIpc) is 3.10. The second-order valence-corrected chi connectivity index (χ2v) is 5.97. The molecule has 2 heterocycles. The van der Waals surface area contributed by atoms with Gasteiger partial charge >= 0.3 is 0 Å². The summed E-state index contributed by atoms with van der Waals surface area (Å²) in [5.41, 5.74) is 6.51. The first kappa shape index (κ1) is 13.5. The van der Waals surface area contributed by atoms with Crippen LogP contribution in [-0.4, -0.2) is 29.6 Å². The number of fused-ring (bicyclic) bond motifs is 1. The van der Waals surface area contributed by atoms with Crippen molar-refractivity contribution in [2.24, 2.45) is 5.73 Å².